The lowest BCUT2D eigenvalue weighted by Crippen LogP contribution is -2.40. The van der Waals surface area contributed by atoms with Crippen LogP contribution in [0, 0.1) is 11.8 Å². The van der Waals surface area contributed by atoms with Gasteiger partial charge in [-0.05, 0) is 51.9 Å². The first-order valence-corrected chi connectivity index (χ1v) is 6.97. The molecule has 0 aromatic carbocycles. The summed E-state index contributed by atoms with van der Waals surface area (Å²) >= 11 is 0. The van der Waals surface area contributed by atoms with Gasteiger partial charge in [0.1, 0.15) is 0 Å². The zero-order valence-electron chi connectivity index (χ0n) is 11.9. The topological polar surface area (TPSA) is 60.7 Å². The van der Waals surface area contributed by atoms with Crippen molar-refractivity contribution in [1.82, 2.24) is 0 Å². The summed E-state index contributed by atoms with van der Waals surface area (Å²) < 4.78 is 0. The van der Waals surface area contributed by atoms with Gasteiger partial charge in [0.05, 0.1) is 17.8 Å². The molecule has 0 amide bonds. The van der Waals surface area contributed by atoms with Gasteiger partial charge < -0.3 is 15.3 Å². The average molecular weight is 256 g/mol. The number of rotatable bonds is 1. The maximum atomic E-state index is 10.3. The number of hydrogen-bond acceptors (Lipinski definition) is 3. The Morgan fingerprint density at radius 1 is 1.11 bits per heavy atom. The molecule has 0 spiro atoms. The number of hydrogen-bond donors (Lipinski definition) is 3. The van der Waals surface area contributed by atoms with Crippen molar-refractivity contribution in [2.45, 2.75) is 70.7 Å². The summed E-state index contributed by atoms with van der Waals surface area (Å²) in [6.07, 6.45) is 2.71. The van der Waals surface area contributed by atoms with Gasteiger partial charge in [-0.3, -0.25) is 0 Å². The second-order valence-electron chi connectivity index (χ2n) is 6.44. The molecular formula is C15H28O3. The molecule has 1 saturated carbocycles. The van der Waals surface area contributed by atoms with Crippen LogP contribution >= 0.6 is 0 Å². The predicted molar refractivity (Wildman–Crippen MR) is 73.2 cm³/mol. The van der Waals surface area contributed by atoms with Gasteiger partial charge in [-0.15, -0.1) is 0 Å². The summed E-state index contributed by atoms with van der Waals surface area (Å²) in [5, 5.41) is 30.4. The van der Waals surface area contributed by atoms with Crippen molar-refractivity contribution in [3.63, 3.8) is 0 Å². The molecule has 3 heteroatoms. The molecule has 3 nitrogen and oxygen atoms in total. The summed E-state index contributed by atoms with van der Waals surface area (Å²) in [5.41, 5.74) is 0.0636. The summed E-state index contributed by atoms with van der Waals surface area (Å²) in [6, 6.07) is 0. The van der Waals surface area contributed by atoms with Crippen LogP contribution < -0.4 is 0 Å². The van der Waals surface area contributed by atoms with Crippen molar-refractivity contribution >= 4 is 0 Å². The van der Waals surface area contributed by atoms with E-state index in [1.165, 1.54) is 0 Å². The SMILES string of the molecule is C=C1CCC(O)C(C)CCC(C(C)(C)O)C(O)C1. The average Bonchev–Trinajstić information content (AvgIpc) is 2.22. The lowest BCUT2D eigenvalue weighted by Gasteiger charge is -2.36. The highest BCUT2D eigenvalue weighted by Crippen LogP contribution is 2.32. The molecular weight excluding hydrogens is 228 g/mol. The first kappa shape index (κ1) is 15.7. The van der Waals surface area contributed by atoms with Gasteiger partial charge in [0.15, 0.2) is 0 Å². The first-order valence-electron chi connectivity index (χ1n) is 6.97. The van der Waals surface area contributed by atoms with Crippen LogP contribution in [0.3, 0.4) is 0 Å². The second-order valence-corrected chi connectivity index (χ2v) is 6.44. The van der Waals surface area contributed by atoms with Gasteiger partial charge >= 0.3 is 0 Å². The van der Waals surface area contributed by atoms with Gasteiger partial charge in [0, 0.05) is 5.92 Å². The van der Waals surface area contributed by atoms with E-state index in [1.54, 1.807) is 13.8 Å². The molecule has 1 rings (SSSR count). The minimum Gasteiger partial charge on any atom is -0.393 e. The Bertz CT molecular complexity index is 280. The third-order valence-electron chi connectivity index (χ3n) is 4.25. The fraction of sp³-hybridized carbons (Fsp3) is 0.867. The lowest BCUT2D eigenvalue weighted by molar-refractivity contribution is -0.0555. The molecule has 4 unspecified atom stereocenters. The van der Waals surface area contributed by atoms with Crippen LogP contribution in [0.1, 0.15) is 52.9 Å². The Morgan fingerprint density at radius 3 is 2.28 bits per heavy atom. The van der Waals surface area contributed by atoms with Crippen molar-refractivity contribution < 1.29 is 15.3 Å². The molecule has 0 saturated heterocycles. The molecule has 1 fully saturated rings. The van der Waals surface area contributed by atoms with Crippen molar-refractivity contribution in [2.24, 2.45) is 11.8 Å². The van der Waals surface area contributed by atoms with Crippen LogP contribution in [0.2, 0.25) is 0 Å². The summed E-state index contributed by atoms with van der Waals surface area (Å²) in [6.45, 7) is 9.49. The van der Waals surface area contributed by atoms with Gasteiger partial charge in [0.2, 0.25) is 0 Å². The van der Waals surface area contributed by atoms with Crippen LogP contribution in [0.4, 0.5) is 0 Å². The van der Waals surface area contributed by atoms with Crippen LogP contribution in [-0.2, 0) is 0 Å². The third kappa shape index (κ3) is 4.38. The maximum Gasteiger partial charge on any atom is 0.0644 e. The normalized spacial score (nSPS) is 36.4. The quantitative estimate of drug-likeness (QED) is 0.631. The zero-order chi connectivity index (χ0) is 13.9. The highest BCUT2D eigenvalue weighted by Gasteiger charge is 2.34. The molecule has 0 bridgehead atoms. The minimum absolute atomic E-state index is 0.165. The van der Waals surface area contributed by atoms with E-state index in [2.05, 4.69) is 6.58 Å². The molecule has 0 heterocycles. The molecule has 0 aromatic rings. The van der Waals surface area contributed by atoms with E-state index in [0.717, 1.165) is 31.3 Å². The summed E-state index contributed by atoms with van der Waals surface area (Å²) in [4.78, 5) is 0. The van der Waals surface area contributed by atoms with E-state index in [0.29, 0.717) is 6.42 Å². The Kier molecular flexibility index (Phi) is 5.38. The van der Waals surface area contributed by atoms with E-state index < -0.39 is 11.7 Å². The predicted octanol–water partition coefficient (Wildman–Crippen LogP) is 2.25. The first-order chi connectivity index (χ1) is 8.21. The number of aliphatic hydroxyl groups excluding tert-OH is 2. The van der Waals surface area contributed by atoms with Gasteiger partial charge in [-0.25, -0.2) is 0 Å². The van der Waals surface area contributed by atoms with Crippen molar-refractivity contribution in [3.8, 4) is 0 Å². The Labute approximate surface area is 111 Å². The van der Waals surface area contributed by atoms with Crippen LogP contribution in [0.25, 0.3) is 0 Å². The highest BCUT2D eigenvalue weighted by molar-refractivity contribution is 5.00. The van der Waals surface area contributed by atoms with E-state index in [9.17, 15) is 15.3 Å². The van der Waals surface area contributed by atoms with Gasteiger partial charge in [0.25, 0.3) is 0 Å². The Balaban J connectivity index is 2.81. The smallest absolute Gasteiger partial charge is 0.0644 e. The molecule has 0 aliphatic heterocycles. The number of aliphatic hydroxyl groups is 3. The van der Waals surface area contributed by atoms with E-state index in [1.807, 2.05) is 6.92 Å². The molecule has 3 N–H and O–H groups in total. The van der Waals surface area contributed by atoms with Gasteiger partial charge in [-0.2, -0.15) is 0 Å². The second kappa shape index (κ2) is 6.18. The molecule has 0 radical (unpaired) electrons. The standard InChI is InChI=1S/C15H28O3/c1-10-5-8-13(16)11(2)6-7-12(14(17)9-10)15(3,4)18/h11-14,16-18H,1,5-9H2,2-4H3. The zero-order valence-corrected chi connectivity index (χ0v) is 11.9. The molecule has 0 aromatic heterocycles. The molecule has 1 aliphatic rings. The van der Waals surface area contributed by atoms with Crippen LogP contribution in [0.5, 0.6) is 0 Å². The Hall–Kier alpha value is -0.380. The van der Waals surface area contributed by atoms with Crippen LogP contribution in [0.15, 0.2) is 12.2 Å². The van der Waals surface area contributed by atoms with Crippen molar-refractivity contribution in [2.75, 3.05) is 0 Å². The van der Waals surface area contributed by atoms with Crippen molar-refractivity contribution in [1.29, 1.82) is 0 Å². The van der Waals surface area contributed by atoms with E-state index in [4.69, 9.17) is 0 Å². The molecule has 1 aliphatic carbocycles. The van der Waals surface area contributed by atoms with Crippen molar-refractivity contribution in [3.05, 3.63) is 12.2 Å². The fourth-order valence-corrected chi connectivity index (χ4v) is 2.83. The van der Waals surface area contributed by atoms with Crippen LogP contribution in [-0.4, -0.2) is 33.1 Å². The summed E-state index contributed by atoms with van der Waals surface area (Å²) in [7, 11) is 0. The fourth-order valence-electron chi connectivity index (χ4n) is 2.83. The maximum absolute atomic E-state index is 10.3. The lowest BCUT2D eigenvalue weighted by atomic mass is 9.77. The molecule has 4 atom stereocenters. The Morgan fingerprint density at radius 2 is 1.72 bits per heavy atom. The monoisotopic (exact) mass is 256 g/mol. The van der Waals surface area contributed by atoms with E-state index in [-0.39, 0.29) is 17.9 Å². The highest BCUT2D eigenvalue weighted by atomic mass is 16.3. The van der Waals surface area contributed by atoms with E-state index >= 15 is 0 Å². The summed E-state index contributed by atoms with van der Waals surface area (Å²) in [5.74, 6) is 0.0370. The molecule has 18 heavy (non-hydrogen) atoms. The largest absolute Gasteiger partial charge is 0.393 e. The molecule has 106 valence electrons. The minimum atomic E-state index is -0.899. The van der Waals surface area contributed by atoms with Gasteiger partial charge in [-0.1, -0.05) is 19.1 Å². The third-order valence-corrected chi connectivity index (χ3v) is 4.25.